The monoisotopic (exact) mass is 243 g/mol. The van der Waals surface area contributed by atoms with Gasteiger partial charge in [-0.2, -0.15) is 0 Å². The maximum atomic E-state index is 11.7. The number of rotatable bonds is 2. The van der Waals surface area contributed by atoms with Crippen molar-refractivity contribution in [3.63, 3.8) is 0 Å². The predicted octanol–water partition coefficient (Wildman–Crippen LogP) is 1.46. The van der Waals surface area contributed by atoms with E-state index < -0.39 is 5.54 Å². The average molecular weight is 243 g/mol. The van der Waals surface area contributed by atoms with Crippen LogP contribution in [0.2, 0.25) is 0 Å². The van der Waals surface area contributed by atoms with Gasteiger partial charge in [-0.15, -0.1) is 0 Å². The van der Waals surface area contributed by atoms with Crippen molar-refractivity contribution >= 4 is 5.91 Å². The van der Waals surface area contributed by atoms with Gasteiger partial charge >= 0.3 is 0 Å². The highest BCUT2D eigenvalue weighted by molar-refractivity contribution is 5.94. The molecule has 94 valence electrons. The smallest absolute Gasteiger partial charge is 0.296 e. The second-order valence-corrected chi connectivity index (χ2v) is 4.72. The fourth-order valence-corrected chi connectivity index (χ4v) is 2.30. The van der Waals surface area contributed by atoms with Crippen molar-refractivity contribution in [1.82, 2.24) is 5.32 Å². The maximum Gasteiger partial charge on any atom is 0.296 e. The molecule has 3 nitrogen and oxygen atoms in total. The first-order valence-electron chi connectivity index (χ1n) is 6.24. The Morgan fingerprint density at radius 1 is 1.28 bits per heavy atom. The van der Waals surface area contributed by atoms with Crippen LogP contribution in [0.25, 0.3) is 0 Å². The quantitative estimate of drug-likeness (QED) is 0.773. The minimum Gasteiger partial charge on any atom is -0.394 e. The normalized spacial score (nSPS) is 16.7. The third-order valence-electron chi connectivity index (χ3n) is 3.34. The van der Waals surface area contributed by atoms with E-state index in [9.17, 15) is 9.90 Å². The third-order valence-corrected chi connectivity index (χ3v) is 3.34. The molecular formula is C15H17NO2. The standard InChI is InChI=1S/C15H17NO2/c17-12-15(10-4-5-11-15)16-14(18)9-8-13-6-2-1-3-7-13/h1-3,6-7,17H,4-5,10-12H2,(H,16,18). The Morgan fingerprint density at radius 2 is 1.94 bits per heavy atom. The van der Waals surface area contributed by atoms with Crippen LogP contribution in [0.3, 0.4) is 0 Å². The molecular weight excluding hydrogens is 226 g/mol. The largest absolute Gasteiger partial charge is 0.394 e. The van der Waals surface area contributed by atoms with Crippen LogP contribution < -0.4 is 5.32 Å². The molecule has 0 atom stereocenters. The zero-order valence-corrected chi connectivity index (χ0v) is 10.3. The van der Waals surface area contributed by atoms with E-state index in [0.717, 1.165) is 31.2 Å². The second kappa shape index (κ2) is 5.70. The minimum absolute atomic E-state index is 0.00818. The van der Waals surface area contributed by atoms with Crippen LogP contribution in [0.4, 0.5) is 0 Å². The summed E-state index contributed by atoms with van der Waals surface area (Å²) in [5.74, 6) is 5.08. The van der Waals surface area contributed by atoms with Crippen LogP contribution in [0.5, 0.6) is 0 Å². The van der Waals surface area contributed by atoms with Crippen LogP contribution in [0, 0.1) is 11.8 Å². The highest BCUT2D eigenvalue weighted by Gasteiger charge is 2.34. The Bertz CT molecular complexity index is 464. The minimum atomic E-state index is -0.442. The average Bonchev–Trinajstić information content (AvgIpc) is 2.87. The number of amides is 1. The molecule has 1 aromatic rings. The van der Waals surface area contributed by atoms with Gasteiger partial charge in [0, 0.05) is 11.5 Å². The van der Waals surface area contributed by atoms with Gasteiger partial charge in [0.25, 0.3) is 5.91 Å². The first-order valence-corrected chi connectivity index (χ1v) is 6.24. The molecule has 0 bridgehead atoms. The molecule has 1 aliphatic carbocycles. The fourth-order valence-electron chi connectivity index (χ4n) is 2.30. The van der Waals surface area contributed by atoms with Crippen LogP contribution in [-0.4, -0.2) is 23.2 Å². The molecule has 0 unspecified atom stereocenters. The molecule has 0 saturated heterocycles. The lowest BCUT2D eigenvalue weighted by molar-refractivity contribution is -0.118. The molecule has 3 heteroatoms. The molecule has 0 spiro atoms. The summed E-state index contributed by atoms with van der Waals surface area (Å²) in [6.07, 6.45) is 3.77. The van der Waals surface area contributed by atoms with E-state index >= 15 is 0 Å². The van der Waals surface area contributed by atoms with Gasteiger partial charge in [-0.1, -0.05) is 37.0 Å². The molecule has 2 rings (SSSR count). The summed E-state index contributed by atoms with van der Waals surface area (Å²) in [4.78, 5) is 11.7. The summed E-state index contributed by atoms with van der Waals surface area (Å²) in [7, 11) is 0. The molecule has 18 heavy (non-hydrogen) atoms. The molecule has 1 aromatic carbocycles. The van der Waals surface area contributed by atoms with Crippen molar-refractivity contribution in [3.8, 4) is 11.8 Å². The first kappa shape index (κ1) is 12.7. The Morgan fingerprint density at radius 3 is 2.56 bits per heavy atom. The molecule has 0 heterocycles. The number of aliphatic hydroxyl groups is 1. The van der Waals surface area contributed by atoms with E-state index in [1.54, 1.807) is 0 Å². The number of nitrogens with one attached hydrogen (secondary N) is 1. The van der Waals surface area contributed by atoms with Gasteiger partial charge < -0.3 is 10.4 Å². The molecule has 1 aliphatic rings. The van der Waals surface area contributed by atoms with Gasteiger partial charge in [-0.3, -0.25) is 4.79 Å². The highest BCUT2D eigenvalue weighted by atomic mass is 16.3. The van der Waals surface area contributed by atoms with E-state index in [1.165, 1.54) is 0 Å². The fraction of sp³-hybridized carbons (Fsp3) is 0.400. The second-order valence-electron chi connectivity index (χ2n) is 4.72. The van der Waals surface area contributed by atoms with E-state index in [1.807, 2.05) is 30.3 Å². The summed E-state index contributed by atoms with van der Waals surface area (Å²) in [5, 5.41) is 12.2. The van der Waals surface area contributed by atoms with Crippen molar-refractivity contribution in [3.05, 3.63) is 35.9 Å². The van der Waals surface area contributed by atoms with E-state index in [0.29, 0.717) is 0 Å². The van der Waals surface area contributed by atoms with Crippen LogP contribution in [-0.2, 0) is 4.79 Å². The van der Waals surface area contributed by atoms with Crippen LogP contribution in [0.15, 0.2) is 30.3 Å². The van der Waals surface area contributed by atoms with Gasteiger partial charge in [-0.05, 0) is 25.0 Å². The Balaban J connectivity index is 1.99. The molecule has 1 fully saturated rings. The maximum absolute atomic E-state index is 11.7. The Labute approximate surface area is 107 Å². The van der Waals surface area contributed by atoms with Gasteiger partial charge in [0.1, 0.15) is 0 Å². The third kappa shape index (κ3) is 3.12. The predicted molar refractivity (Wildman–Crippen MR) is 69.7 cm³/mol. The topological polar surface area (TPSA) is 49.3 Å². The molecule has 0 aliphatic heterocycles. The SMILES string of the molecule is O=C(C#Cc1ccccc1)NC1(CO)CCCC1. The lowest BCUT2D eigenvalue weighted by Gasteiger charge is -2.26. The summed E-state index contributed by atoms with van der Waals surface area (Å²) < 4.78 is 0. The summed E-state index contributed by atoms with van der Waals surface area (Å²) in [5.41, 5.74) is 0.375. The Hall–Kier alpha value is -1.79. The lowest BCUT2D eigenvalue weighted by atomic mass is 9.99. The Kier molecular flexibility index (Phi) is 4.01. The zero-order valence-electron chi connectivity index (χ0n) is 10.3. The van der Waals surface area contributed by atoms with Crippen molar-refractivity contribution in [1.29, 1.82) is 0 Å². The molecule has 1 amide bonds. The highest BCUT2D eigenvalue weighted by Crippen LogP contribution is 2.28. The summed E-state index contributed by atoms with van der Waals surface area (Å²) >= 11 is 0. The van der Waals surface area contributed by atoms with E-state index in [4.69, 9.17) is 0 Å². The summed E-state index contributed by atoms with van der Waals surface area (Å²) in [6, 6.07) is 9.39. The molecule has 1 saturated carbocycles. The van der Waals surface area contributed by atoms with E-state index in [-0.39, 0.29) is 12.5 Å². The van der Waals surface area contributed by atoms with Gasteiger partial charge in [-0.25, -0.2) is 0 Å². The van der Waals surface area contributed by atoms with Crippen molar-refractivity contribution in [2.24, 2.45) is 0 Å². The first-order chi connectivity index (χ1) is 8.74. The van der Waals surface area contributed by atoms with Crippen molar-refractivity contribution in [2.45, 2.75) is 31.2 Å². The number of benzene rings is 1. The molecule has 0 radical (unpaired) electrons. The van der Waals surface area contributed by atoms with Gasteiger partial charge in [0.15, 0.2) is 0 Å². The van der Waals surface area contributed by atoms with Crippen molar-refractivity contribution < 1.29 is 9.90 Å². The molecule has 2 N–H and O–H groups in total. The summed E-state index contributed by atoms with van der Waals surface area (Å²) in [6.45, 7) is -0.00818. The van der Waals surface area contributed by atoms with Crippen LogP contribution in [0.1, 0.15) is 31.2 Å². The molecule has 0 aromatic heterocycles. The van der Waals surface area contributed by atoms with Gasteiger partial charge in [0.2, 0.25) is 0 Å². The number of aliphatic hydroxyl groups excluding tert-OH is 1. The zero-order chi connectivity index (χ0) is 12.8. The van der Waals surface area contributed by atoms with E-state index in [2.05, 4.69) is 17.2 Å². The van der Waals surface area contributed by atoms with Crippen molar-refractivity contribution in [2.75, 3.05) is 6.61 Å². The number of hydrogen-bond donors (Lipinski definition) is 2. The number of carbonyl (C=O) groups is 1. The van der Waals surface area contributed by atoms with Gasteiger partial charge in [0.05, 0.1) is 12.1 Å². The van der Waals surface area contributed by atoms with Crippen LogP contribution >= 0.6 is 0 Å². The number of carbonyl (C=O) groups excluding carboxylic acids is 1. The lowest BCUT2D eigenvalue weighted by Crippen LogP contribution is -2.48. The number of hydrogen-bond acceptors (Lipinski definition) is 2.